The van der Waals surface area contributed by atoms with Gasteiger partial charge >= 0.3 is 12.0 Å². The normalized spacial score (nSPS) is 11.4. The van der Waals surface area contributed by atoms with E-state index in [1.54, 1.807) is 46.1 Å². The number of nitrogens with one attached hydrogen (secondary N) is 3. The van der Waals surface area contributed by atoms with E-state index in [9.17, 15) is 18.0 Å². The Morgan fingerprint density at radius 2 is 1.68 bits per heavy atom. The third-order valence-corrected chi connectivity index (χ3v) is 6.70. The lowest BCUT2D eigenvalue weighted by Crippen LogP contribution is -2.48. The molecule has 12 heteroatoms. The average Bonchev–Trinajstić information content (AvgIpc) is 3.40. The van der Waals surface area contributed by atoms with Crippen molar-refractivity contribution in [3.8, 4) is 28.4 Å². The number of benzene rings is 3. The van der Waals surface area contributed by atoms with Crippen LogP contribution in [0.3, 0.4) is 0 Å². The lowest BCUT2D eigenvalue weighted by molar-refractivity contribution is 0.102. The molecule has 3 amide bonds. The number of carbonyl (C=O) groups excluding carboxylic acids is 2. The number of nitrogens with zero attached hydrogens (tertiary/aromatic N) is 1. The summed E-state index contributed by atoms with van der Waals surface area (Å²) < 4.78 is 44.9. The zero-order valence-electron chi connectivity index (χ0n) is 22.2. The number of rotatable bonds is 8. The number of hydrogen-bond acceptors (Lipinski definition) is 8. The SMILES string of the molecule is COc1ccc(-c2cccc(Oc3ccc(C(=O)Nc4ncco4)cc3S(=O)(=O)NC(=O)NC(C)(C)C)c2)cc1. The lowest BCUT2D eigenvalue weighted by Gasteiger charge is -2.21. The maximum atomic E-state index is 13.4. The molecule has 0 aliphatic rings. The van der Waals surface area contributed by atoms with E-state index in [0.717, 1.165) is 17.2 Å². The number of urea groups is 1. The van der Waals surface area contributed by atoms with Gasteiger partial charge in [-0.2, -0.15) is 0 Å². The molecule has 0 saturated heterocycles. The van der Waals surface area contributed by atoms with Gasteiger partial charge in [0.1, 0.15) is 28.4 Å². The molecule has 0 atom stereocenters. The number of hydrogen-bond donors (Lipinski definition) is 3. The highest BCUT2D eigenvalue weighted by molar-refractivity contribution is 7.90. The zero-order chi connectivity index (χ0) is 28.9. The van der Waals surface area contributed by atoms with E-state index in [1.807, 2.05) is 35.1 Å². The van der Waals surface area contributed by atoms with Crippen molar-refractivity contribution in [2.45, 2.75) is 31.2 Å². The molecule has 0 unspecified atom stereocenters. The van der Waals surface area contributed by atoms with Crippen molar-refractivity contribution in [1.29, 1.82) is 0 Å². The number of sulfonamides is 1. The molecule has 0 fully saturated rings. The van der Waals surface area contributed by atoms with Gasteiger partial charge in [0.15, 0.2) is 0 Å². The van der Waals surface area contributed by atoms with E-state index in [1.165, 1.54) is 24.6 Å². The Kier molecular flexibility index (Phi) is 8.10. The molecule has 208 valence electrons. The van der Waals surface area contributed by atoms with Gasteiger partial charge in [-0.25, -0.2) is 22.9 Å². The first-order valence-electron chi connectivity index (χ1n) is 12.1. The Hall–Kier alpha value is -4.84. The van der Waals surface area contributed by atoms with Crippen LogP contribution in [-0.4, -0.2) is 38.0 Å². The van der Waals surface area contributed by atoms with Crippen LogP contribution in [0, 0.1) is 0 Å². The smallest absolute Gasteiger partial charge is 0.329 e. The fourth-order valence-corrected chi connectivity index (χ4v) is 4.65. The summed E-state index contributed by atoms with van der Waals surface area (Å²) in [7, 11) is -2.91. The van der Waals surface area contributed by atoms with Crippen LogP contribution in [0.15, 0.2) is 88.5 Å². The van der Waals surface area contributed by atoms with Crippen molar-refractivity contribution in [2.24, 2.45) is 0 Å². The highest BCUT2D eigenvalue weighted by Gasteiger charge is 2.26. The minimum absolute atomic E-state index is 0.0332. The van der Waals surface area contributed by atoms with E-state index >= 15 is 0 Å². The summed E-state index contributed by atoms with van der Waals surface area (Å²) in [5.74, 6) is 0.267. The number of amides is 3. The molecular formula is C28H28N4O7S. The number of carbonyl (C=O) groups is 2. The van der Waals surface area contributed by atoms with E-state index in [4.69, 9.17) is 13.9 Å². The van der Waals surface area contributed by atoms with Gasteiger partial charge in [0.05, 0.1) is 13.3 Å². The molecule has 11 nitrogen and oxygen atoms in total. The summed E-state index contributed by atoms with van der Waals surface area (Å²) >= 11 is 0. The van der Waals surface area contributed by atoms with Crippen LogP contribution in [0.25, 0.3) is 11.1 Å². The van der Waals surface area contributed by atoms with E-state index in [-0.39, 0.29) is 17.3 Å². The first-order valence-corrected chi connectivity index (χ1v) is 13.5. The molecule has 3 N–H and O–H groups in total. The lowest BCUT2D eigenvalue weighted by atomic mass is 10.1. The standard InChI is InChI=1S/C28H28N4O7S/c1-28(2,3)31-26(34)32-40(35,36)24-17-20(25(33)30-27-29-14-15-38-27)10-13-23(24)39-22-7-5-6-19(16-22)18-8-11-21(37-4)12-9-18/h5-17H,1-4H3,(H,29,30,33)(H2,31,32,34). The van der Waals surface area contributed by atoms with E-state index in [2.05, 4.69) is 15.6 Å². The molecule has 0 spiro atoms. The van der Waals surface area contributed by atoms with Gasteiger partial charge in [-0.3, -0.25) is 10.1 Å². The fourth-order valence-electron chi connectivity index (χ4n) is 3.59. The maximum absolute atomic E-state index is 13.4. The molecule has 3 aromatic carbocycles. The highest BCUT2D eigenvalue weighted by Crippen LogP contribution is 2.33. The molecule has 0 bridgehead atoms. The molecule has 0 aliphatic heterocycles. The Bertz CT molecular complexity index is 1610. The molecule has 4 aromatic rings. The molecule has 0 aliphatic carbocycles. The predicted molar refractivity (Wildman–Crippen MR) is 148 cm³/mol. The minimum atomic E-state index is -4.49. The second kappa shape index (κ2) is 11.5. The van der Waals surface area contributed by atoms with Gasteiger partial charge in [-0.05, 0) is 74.4 Å². The van der Waals surface area contributed by atoms with Crippen LogP contribution in [-0.2, 0) is 10.0 Å². The third kappa shape index (κ3) is 7.17. The summed E-state index contributed by atoms with van der Waals surface area (Å²) in [5.41, 5.74) is 0.972. The van der Waals surface area contributed by atoms with Crippen LogP contribution in [0.5, 0.6) is 17.2 Å². The van der Waals surface area contributed by atoms with E-state index in [0.29, 0.717) is 11.5 Å². The second-order valence-electron chi connectivity index (χ2n) is 9.62. The fraction of sp³-hybridized carbons (Fsp3) is 0.179. The summed E-state index contributed by atoms with van der Waals surface area (Å²) in [6, 6.07) is 17.3. The van der Waals surface area contributed by atoms with Gasteiger partial charge in [0.25, 0.3) is 15.9 Å². The summed E-state index contributed by atoms with van der Waals surface area (Å²) in [6.07, 6.45) is 2.63. The average molecular weight is 565 g/mol. The van der Waals surface area contributed by atoms with Crippen molar-refractivity contribution in [1.82, 2.24) is 15.0 Å². The molecule has 0 saturated carbocycles. The van der Waals surface area contributed by atoms with Crippen molar-refractivity contribution < 1.29 is 31.9 Å². The van der Waals surface area contributed by atoms with Crippen molar-refractivity contribution in [2.75, 3.05) is 12.4 Å². The first kappa shape index (κ1) is 28.2. The monoisotopic (exact) mass is 564 g/mol. The topological polar surface area (TPSA) is 149 Å². The number of methoxy groups -OCH3 is 1. The van der Waals surface area contributed by atoms with Crippen LogP contribution < -0.4 is 24.8 Å². The molecule has 1 heterocycles. The number of ether oxygens (including phenoxy) is 2. The second-order valence-corrected chi connectivity index (χ2v) is 11.3. The van der Waals surface area contributed by atoms with Gasteiger partial charge in [-0.1, -0.05) is 24.3 Å². The Morgan fingerprint density at radius 3 is 2.33 bits per heavy atom. The van der Waals surface area contributed by atoms with Gasteiger partial charge in [-0.15, -0.1) is 0 Å². The molecule has 1 aromatic heterocycles. The van der Waals surface area contributed by atoms with Crippen LogP contribution in [0.1, 0.15) is 31.1 Å². The molecular weight excluding hydrogens is 536 g/mol. The van der Waals surface area contributed by atoms with Crippen molar-refractivity contribution in [3.63, 3.8) is 0 Å². The quantitative estimate of drug-likeness (QED) is 0.265. The number of oxazole rings is 1. The van der Waals surface area contributed by atoms with E-state index < -0.39 is 32.4 Å². The highest BCUT2D eigenvalue weighted by atomic mass is 32.2. The van der Waals surface area contributed by atoms with Gasteiger partial charge in [0.2, 0.25) is 0 Å². The summed E-state index contributed by atoms with van der Waals surface area (Å²) in [4.78, 5) is 28.6. The zero-order valence-corrected chi connectivity index (χ0v) is 23.0. The van der Waals surface area contributed by atoms with Gasteiger partial charge < -0.3 is 19.2 Å². The van der Waals surface area contributed by atoms with Gasteiger partial charge in [0, 0.05) is 11.1 Å². The first-order chi connectivity index (χ1) is 18.9. The van der Waals surface area contributed by atoms with Crippen LogP contribution >= 0.6 is 0 Å². The molecule has 4 rings (SSSR count). The minimum Gasteiger partial charge on any atom is -0.497 e. The molecule has 40 heavy (non-hydrogen) atoms. The predicted octanol–water partition coefficient (Wildman–Crippen LogP) is 5.18. The largest absolute Gasteiger partial charge is 0.497 e. The van der Waals surface area contributed by atoms with Crippen molar-refractivity contribution >= 4 is 28.0 Å². The Morgan fingerprint density at radius 1 is 0.925 bits per heavy atom. The Balaban J connectivity index is 1.68. The number of aromatic nitrogens is 1. The molecule has 0 radical (unpaired) electrons. The Labute approximate surface area is 231 Å². The van der Waals surface area contributed by atoms with Crippen molar-refractivity contribution in [3.05, 3.63) is 84.8 Å². The third-order valence-electron chi connectivity index (χ3n) is 5.35. The maximum Gasteiger partial charge on any atom is 0.329 e. The van der Waals surface area contributed by atoms with Crippen LogP contribution in [0.4, 0.5) is 10.8 Å². The summed E-state index contributed by atoms with van der Waals surface area (Å²) in [6.45, 7) is 5.12. The van der Waals surface area contributed by atoms with Crippen LogP contribution in [0.2, 0.25) is 0 Å². The summed E-state index contributed by atoms with van der Waals surface area (Å²) in [5, 5.41) is 4.97. The number of anilines is 1.